The summed E-state index contributed by atoms with van der Waals surface area (Å²) in [4.78, 5) is 13.1. The van der Waals surface area contributed by atoms with Crippen LogP contribution in [0.25, 0.3) is 0 Å². The Morgan fingerprint density at radius 3 is 2.52 bits per heavy atom. The lowest BCUT2D eigenvalue weighted by Crippen LogP contribution is -2.29. The van der Waals surface area contributed by atoms with Crippen LogP contribution in [-0.4, -0.2) is 5.78 Å². The number of nitriles is 1. The topological polar surface area (TPSA) is 76.1 Å². The minimum Gasteiger partial charge on any atom is -0.444 e. The van der Waals surface area contributed by atoms with E-state index >= 15 is 0 Å². The molecule has 4 rings (SSSR count). The lowest BCUT2D eigenvalue weighted by molar-refractivity contribution is -0.117. The summed E-state index contributed by atoms with van der Waals surface area (Å²) in [5, 5.41) is 10.2. The number of halogens is 1. The number of ether oxygens (including phenoxy) is 1. The molecule has 2 aromatic rings. The van der Waals surface area contributed by atoms with Crippen molar-refractivity contribution >= 4 is 17.4 Å². The molecule has 5 heteroatoms. The van der Waals surface area contributed by atoms with E-state index in [4.69, 9.17) is 22.1 Å². The molecule has 0 aromatic heterocycles. The van der Waals surface area contributed by atoms with Gasteiger partial charge >= 0.3 is 0 Å². The highest BCUT2D eigenvalue weighted by molar-refractivity contribution is 6.30. The van der Waals surface area contributed by atoms with Crippen LogP contribution >= 0.6 is 11.6 Å². The van der Waals surface area contributed by atoms with Crippen LogP contribution in [0.1, 0.15) is 35.8 Å². The highest BCUT2D eigenvalue weighted by atomic mass is 35.5. The Balaban J connectivity index is 1.80. The van der Waals surface area contributed by atoms with Crippen LogP contribution in [0.2, 0.25) is 5.02 Å². The van der Waals surface area contributed by atoms with Gasteiger partial charge in [0.1, 0.15) is 17.4 Å². The highest BCUT2D eigenvalue weighted by Gasteiger charge is 2.40. The van der Waals surface area contributed by atoms with Crippen LogP contribution in [-0.2, 0) is 9.53 Å². The van der Waals surface area contributed by atoms with Gasteiger partial charge in [0, 0.05) is 23.4 Å². The van der Waals surface area contributed by atoms with Gasteiger partial charge in [0.05, 0.1) is 5.92 Å². The summed E-state index contributed by atoms with van der Waals surface area (Å²) < 4.78 is 5.76. The van der Waals surface area contributed by atoms with E-state index in [2.05, 4.69) is 6.07 Å². The maximum absolute atomic E-state index is 13.1. The first-order chi connectivity index (χ1) is 13.1. The molecular formula is C22H17ClN2O2. The van der Waals surface area contributed by atoms with Gasteiger partial charge in [-0.3, -0.25) is 4.79 Å². The number of Topliss-reactive ketones (excluding diaryl/α,β-unsaturated/α-hetero) is 1. The van der Waals surface area contributed by atoms with Crippen LogP contribution in [0.5, 0.6) is 0 Å². The second-order valence-corrected chi connectivity index (χ2v) is 7.19. The molecule has 0 saturated carbocycles. The van der Waals surface area contributed by atoms with Crippen LogP contribution in [0.4, 0.5) is 0 Å². The molecule has 134 valence electrons. The molecule has 27 heavy (non-hydrogen) atoms. The SMILES string of the molecule is N#CC1=C(N)OC2=C(C(=O)C[C@@H](c3ccccc3)C2)[C@@H]1c1cccc(Cl)c1. The number of nitrogens with zero attached hydrogens (tertiary/aromatic N) is 1. The quantitative estimate of drug-likeness (QED) is 0.834. The molecule has 2 N–H and O–H groups in total. The summed E-state index contributed by atoms with van der Waals surface area (Å²) >= 11 is 6.14. The smallest absolute Gasteiger partial charge is 0.205 e. The van der Waals surface area contributed by atoms with Gasteiger partial charge in [0.15, 0.2) is 5.78 Å². The molecular weight excluding hydrogens is 360 g/mol. The van der Waals surface area contributed by atoms with Gasteiger partial charge in [-0.1, -0.05) is 54.1 Å². The molecule has 0 unspecified atom stereocenters. The maximum Gasteiger partial charge on any atom is 0.205 e. The molecule has 0 amide bonds. The molecule has 1 aliphatic heterocycles. The van der Waals surface area contributed by atoms with Gasteiger partial charge in [-0.05, 0) is 29.2 Å². The molecule has 0 saturated heterocycles. The fourth-order valence-electron chi connectivity index (χ4n) is 3.89. The van der Waals surface area contributed by atoms with Crippen molar-refractivity contribution in [2.24, 2.45) is 5.73 Å². The van der Waals surface area contributed by atoms with E-state index in [0.717, 1.165) is 11.1 Å². The summed E-state index contributed by atoms with van der Waals surface area (Å²) in [7, 11) is 0. The first-order valence-corrected chi connectivity index (χ1v) is 9.10. The molecule has 4 nitrogen and oxygen atoms in total. The fourth-order valence-corrected chi connectivity index (χ4v) is 4.09. The largest absolute Gasteiger partial charge is 0.444 e. The third-order valence-electron chi connectivity index (χ3n) is 5.11. The number of nitrogens with two attached hydrogens (primary N) is 1. The maximum atomic E-state index is 13.1. The van der Waals surface area contributed by atoms with Gasteiger partial charge in [0.25, 0.3) is 0 Å². The van der Waals surface area contributed by atoms with Crippen molar-refractivity contribution < 1.29 is 9.53 Å². The van der Waals surface area contributed by atoms with Gasteiger partial charge in [-0.2, -0.15) is 5.26 Å². The lowest BCUT2D eigenvalue weighted by Gasteiger charge is -2.34. The first kappa shape index (κ1) is 17.4. The monoisotopic (exact) mass is 376 g/mol. The van der Waals surface area contributed by atoms with E-state index in [1.165, 1.54) is 0 Å². The van der Waals surface area contributed by atoms with Crippen LogP contribution in [0.3, 0.4) is 0 Å². The predicted octanol–water partition coefficient (Wildman–Crippen LogP) is 4.55. The summed E-state index contributed by atoms with van der Waals surface area (Å²) in [5.41, 5.74) is 8.68. The van der Waals surface area contributed by atoms with Crippen molar-refractivity contribution in [2.45, 2.75) is 24.7 Å². The second-order valence-electron chi connectivity index (χ2n) is 6.76. The van der Waals surface area contributed by atoms with Gasteiger partial charge in [0.2, 0.25) is 5.88 Å². The minimum absolute atomic E-state index is 0.0182. The van der Waals surface area contributed by atoms with E-state index in [9.17, 15) is 10.1 Å². The van der Waals surface area contributed by atoms with Crippen molar-refractivity contribution in [3.63, 3.8) is 0 Å². The van der Waals surface area contributed by atoms with Crippen LogP contribution < -0.4 is 5.73 Å². The molecule has 2 aromatic carbocycles. The van der Waals surface area contributed by atoms with Crippen molar-refractivity contribution in [2.75, 3.05) is 0 Å². The van der Waals surface area contributed by atoms with E-state index in [1.54, 1.807) is 18.2 Å². The van der Waals surface area contributed by atoms with Gasteiger partial charge < -0.3 is 10.5 Å². The zero-order valence-corrected chi connectivity index (χ0v) is 15.2. The molecule has 0 fully saturated rings. The van der Waals surface area contributed by atoms with Gasteiger partial charge in [-0.15, -0.1) is 0 Å². The molecule has 0 radical (unpaired) electrons. The number of carbonyl (C=O) groups is 1. The number of ketones is 1. The fraction of sp³-hybridized carbons (Fsp3) is 0.182. The van der Waals surface area contributed by atoms with Crippen molar-refractivity contribution in [3.05, 3.63) is 93.5 Å². The predicted molar refractivity (Wildman–Crippen MR) is 103 cm³/mol. The standard InChI is InChI=1S/C22H17ClN2O2/c23-16-8-4-7-14(9-16)20-17(12-24)22(25)27-19-11-15(10-18(26)21(19)20)13-5-2-1-3-6-13/h1-9,15,20H,10-11,25H2/t15-,20-/m1/s1. The Bertz CT molecular complexity index is 1020. The normalized spacial score (nSPS) is 22.1. The average molecular weight is 377 g/mol. The Morgan fingerprint density at radius 1 is 1.07 bits per heavy atom. The van der Waals surface area contributed by atoms with E-state index in [1.807, 2.05) is 36.4 Å². The number of rotatable bonds is 2. The minimum atomic E-state index is -0.540. The zero-order valence-electron chi connectivity index (χ0n) is 14.5. The Hall–Kier alpha value is -3.03. The Morgan fingerprint density at radius 2 is 1.81 bits per heavy atom. The van der Waals surface area contributed by atoms with E-state index in [-0.39, 0.29) is 23.2 Å². The number of benzene rings is 2. The Kier molecular flexibility index (Phi) is 4.47. The first-order valence-electron chi connectivity index (χ1n) is 8.72. The molecule has 0 spiro atoms. The number of carbonyl (C=O) groups excluding carboxylic acids is 1. The van der Waals surface area contributed by atoms with Crippen molar-refractivity contribution in [1.82, 2.24) is 0 Å². The van der Waals surface area contributed by atoms with E-state index < -0.39 is 5.92 Å². The summed E-state index contributed by atoms with van der Waals surface area (Å²) in [5.74, 6) is 0.0928. The zero-order chi connectivity index (χ0) is 19.0. The van der Waals surface area contributed by atoms with Gasteiger partial charge in [-0.25, -0.2) is 0 Å². The number of hydrogen-bond acceptors (Lipinski definition) is 4. The summed E-state index contributed by atoms with van der Waals surface area (Å²) in [6.45, 7) is 0. The Labute approximate surface area is 162 Å². The highest BCUT2D eigenvalue weighted by Crippen LogP contribution is 2.46. The number of allylic oxidation sites excluding steroid dienone is 3. The molecule has 1 aliphatic carbocycles. The van der Waals surface area contributed by atoms with Crippen LogP contribution in [0, 0.1) is 11.3 Å². The third-order valence-corrected chi connectivity index (χ3v) is 5.35. The van der Waals surface area contributed by atoms with E-state index in [0.29, 0.717) is 29.2 Å². The average Bonchev–Trinajstić information content (AvgIpc) is 2.67. The molecule has 0 bridgehead atoms. The van der Waals surface area contributed by atoms with Crippen molar-refractivity contribution in [1.29, 1.82) is 5.26 Å². The van der Waals surface area contributed by atoms with Crippen molar-refractivity contribution in [3.8, 4) is 6.07 Å². The molecule has 2 aliphatic rings. The summed E-state index contributed by atoms with van der Waals surface area (Å²) in [6.07, 6.45) is 0.948. The third kappa shape index (κ3) is 3.11. The molecule has 2 atom stereocenters. The van der Waals surface area contributed by atoms with Crippen LogP contribution in [0.15, 0.2) is 77.4 Å². The molecule has 1 heterocycles. The number of hydrogen-bond donors (Lipinski definition) is 1. The summed E-state index contributed by atoms with van der Waals surface area (Å²) in [6, 6.07) is 19.2. The second kappa shape index (κ2) is 6.94. The lowest BCUT2D eigenvalue weighted by atomic mass is 9.73.